The monoisotopic (exact) mass is 442 g/mol. The Balaban J connectivity index is 1.94. The van der Waals surface area contributed by atoms with E-state index in [1.54, 1.807) is 26.2 Å². The van der Waals surface area contributed by atoms with Crippen LogP contribution in [0, 0.1) is 18.3 Å². The first-order valence-electron chi connectivity index (χ1n) is 10.4. The van der Waals surface area contributed by atoms with Crippen molar-refractivity contribution in [2.24, 2.45) is 0 Å². The summed E-state index contributed by atoms with van der Waals surface area (Å²) >= 11 is 0. The molecule has 1 aliphatic heterocycles. The summed E-state index contributed by atoms with van der Waals surface area (Å²) in [5.74, 6) is 1.49. The van der Waals surface area contributed by atoms with Gasteiger partial charge in [-0.1, -0.05) is 12.1 Å². The van der Waals surface area contributed by atoms with Gasteiger partial charge in [0.2, 0.25) is 6.79 Å². The molecule has 0 saturated heterocycles. The van der Waals surface area contributed by atoms with Gasteiger partial charge in [-0.15, -0.1) is 0 Å². The lowest BCUT2D eigenvalue weighted by molar-refractivity contribution is -0.137. The molecule has 0 spiro atoms. The normalized spacial score (nSPS) is 11.9. The zero-order chi connectivity index (χ0) is 23.4. The number of ether oxygens (including phenoxy) is 4. The second kappa shape index (κ2) is 9.45. The molecule has 7 heteroatoms. The van der Waals surface area contributed by atoms with Gasteiger partial charge in [0.25, 0.3) is 0 Å². The largest absolute Gasteiger partial charge is 0.497 e. The second-order valence-corrected chi connectivity index (χ2v) is 7.20. The summed E-state index contributed by atoms with van der Waals surface area (Å²) in [4.78, 5) is 16.7. The highest BCUT2D eigenvalue weighted by molar-refractivity contribution is 5.92. The minimum atomic E-state index is -0.462. The zero-order valence-corrected chi connectivity index (χ0v) is 18.5. The summed E-state index contributed by atoms with van der Waals surface area (Å²) in [7, 11) is 1.59. The number of benzene rings is 2. The molecule has 2 aromatic carbocycles. The van der Waals surface area contributed by atoms with Crippen molar-refractivity contribution < 1.29 is 23.7 Å². The van der Waals surface area contributed by atoms with Gasteiger partial charge in [0.1, 0.15) is 11.8 Å². The number of nitriles is 1. The molecule has 33 heavy (non-hydrogen) atoms. The number of methoxy groups -OCH3 is 1. The highest BCUT2D eigenvalue weighted by Gasteiger charge is 2.22. The summed E-state index contributed by atoms with van der Waals surface area (Å²) < 4.78 is 21.2. The molecule has 3 aromatic rings. The van der Waals surface area contributed by atoms with E-state index in [2.05, 4.69) is 6.07 Å². The number of hydrogen-bond donors (Lipinski definition) is 0. The Kier molecular flexibility index (Phi) is 6.27. The Morgan fingerprint density at radius 1 is 1.15 bits per heavy atom. The molecule has 0 fully saturated rings. The molecule has 0 radical (unpaired) electrons. The molecule has 4 rings (SSSR count). The molecule has 1 aromatic heterocycles. The third-order valence-electron chi connectivity index (χ3n) is 5.23. The number of aromatic nitrogens is 1. The van der Waals surface area contributed by atoms with Gasteiger partial charge in [0.05, 0.1) is 25.0 Å². The molecule has 0 saturated carbocycles. The third-order valence-corrected chi connectivity index (χ3v) is 5.23. The number of pyridine rings is 1. The van der Waals surface area contributed by atoms with Crippen LogP contribution in [-0.2, 0) is 9.53 Å². The van der Waals surface area contributed by atoms with Crippen LogP contribution in [0.25, 0.3) is 28.5 Å². The van der Waals surface area contributed by atoms with E-state index in [-0.39, 0.29) is 13.4 Å². The van der Waals surface area contributed by atoms with Crippen molar-refractivity contribution in [2.45, 2.75) is 13.8 Å². The number of rotatable bonds is 6. The average molecular weight is 442 g/mol. The van der Waals surface area contributed by atoms with Crippen molar-refractivity contribution in [3.05, 3.63) is 65.4 Å². The Morgan fingerprint density at radius 3 is 2.58 bits per heavy atom. The molecule has 0 atom stereocenters. The van der Waals surface area contributed by atoms with Crippen LogP contribution < -0.4 is 14.2 Å². The van der Waals surface area contributed by atoms with E-state index in [0.29, 0.717) is 45.3 Å². The van der Waals surface area contributed by atoms with Gasteiger partial charge >= 0.3 is 5.97 Å². The van der Waals surface area contributed by atoms with Crippen LogP contribution in [0.4, 0.5) is 0 Å². The van der Waals surface area contributed by atoms with Gasteiger partial charge in [-0.3, -0.25) is 4.98 Å². The number of aryl methyl sites for hydroxylation is 1. The van der Waals surface area contributed by atoms with Crippen molar-refractivity contribution >= 4 is 12.0 Å². The number of nitrogens with zero attached hydrogens (tertiary/aromatic N) is 2. The van der Waals surface area contributed by atoms with Crippen molar-refractivity contribution in [1.82, 2.24) is 4.98 Å². The molecule has 7 nitrogen and oxygen atoms in total. The van der Waals surface area contributed by atoms with Crippen molar-refractivity contribution in [1.29, 1.82) is 5.26 Å². The summed E-state index contributed by atoms with van der Waals surface area (Å²) in [6.45, 7) is 4.02. The molecule has 0 N–H and O–H groups in total. The number of hydrogen-bond acceptors (Lipinski definition) is 7. The summed E-state index contributed by atoms with van der Waals surface area (Å²) in [6.07, 6.45) is 2.99. The Bertz CT molecular complexity index is 1270. The van der Waals surface area contributed by atoms with Crippen LogP contribution >= 0.6 is 0 Å². The minimum Gasteiger partial charge on any atom is -0.497 e. The Morgan fingerprint density at radius 2 is 1.88 bits per heavy atom. The fourth-order valence-electron chi connectivity index (χ4n) is 3.68. The van der Waals surface area contributed by atoms with Crippen molar-refractivity contribution in [3.8, 4) is 45.7 Å². The predicted molar refractivity (Wildman–Crippen MR) is 123 cm³/mol. The number of esters is 1. The van der Waals surface area contributed by atoms with E-state index in [1.807, 2.05) is 43.3 Å². The van der Waals surface area contributed by atoms with E-state index in [1.165, 1.54) is 6.08 Å². The molecule has 0 amide bonds. The van der Waals surface area contributed by atoms with Crippen LogP contribution in [0.5, 0.6) is 17.2 Å². The molecule has 166 valence electrons. The Hall–Kier alpha value is -4.31. The maximum Gasteiger partial charge on any atom is 0.330 e. The summed E-state index contributed by atoms with van der Waals surface area (Å²) in [5.41, 5.74) is 4.42. The van der Waals surface area contributed by atoms with E-state index in [9.17, 15) is 10.1 Å². The predicted octanol–water partition coefficient (Wildman–Crippen LogP) is 4.91. The molecular weight excluding hydrogens is 420 g/mol. The van der Waals surface area contributed by atoms with Gasteiger partial charge in [-0.25, -0.2) is 4.79 Å². The van der Waals surface area contributed by atoms with Crippen LogP contribution in [0.3, 0.4) is 0 Å². The van der Waals surface area contributed by atoms with Crippen molar-refractivity contribution in [2.75, 3.05) is 20.5 Å². The Labute approximate surface area is 191 Å². The first kappa shape index (κ1) is 21.9. The number of fused-ring (bicyclic) bond motifs is 1. The van der Waals surface area contributed by atoms with E-state index < -0.39 is 5.97 Å². The molecule has 1 aliphatic rings. The summed E-state index contributed by atoms with van der Waals surface area (Å²) in [5, 5.41) is 10.2. The van der Waals surface area contributed by atoms with Gasteiger partial charge < -0.3 is 18.9 Å². The number of carbonyl (C=O) groups excluding carboxylic acids is 1. The summed E-state index contributed by atoms with van der Waals surface area (Å²) in [6, 6.07) is 15.2. The molecule has 0 unspecified atom stereocenters. The second-order valence-electron chi connectivity index (χ2n) is 7.20. The minimum absolute atomic E-state index is 0.158. The maximum absolute atomic E-state index is 12.0. The van der Waals surface area contributed by atoms with E-state index in [4.69, 9.17) is 23.9 Å². The fourth-order valence-corrected chi connectivity index (χ4v) is 3.68. The smallest absolute Gasteiger partial charge is 0.330 e. The van der Waals surface area contributed by atoms with Gasteiger partial charge in [-0.2, -0.15) is 5.26 Å². The van der Waals surface area contributed by atoms with E-state index >= 15 is 0 Å². The first-order valence-corrected chi connectivity index (χ1v) is 10.4. The third kappa shape index (κ3) is 4.37. The topological polar surface area (TPSA) is 90.7 Å². The maximum atomic E-state index is 12.0. The molecule has 2 heterocycles. The van der Waals surface area contributed by atoms with Crippen LogP contribution in [0.15, 0.2) is 48.5 Å². The van der Waals surface area contributed by atoms with Gasteiger partial charge in [0, 0.05) is 28.5 Å². The highest BCUT2D eigenvalue weighted by Crippen LogP contribution is 2.40. The fraction of sp³-hybridized carbons (Fsp3) is 0.192. The van der Waals surface area contributed by atoms with Crippen LogP contribution in [-0.4, -0.2) is 31.5 Å². The quantitative estimate of drug-likeness (QED) is 0.396. The zero-order valence-electron chi connectivity index (χ0n) is 18.5. The van der Waals surface area contributed by atoms with Gasteiger partial charge in [0.15, 0.2) is 11.5 Å². The van der Waals surface area contributed by atoms with E-state index in [0.717, 1.165) is 11.1 Å². The standard InChI is InChI=1S/C26H22N2O5/c1-4-31-24(29)12-10-20-16(2)28-26(18-7-11-22-23(13-18)33-15-32-22)21(14-27)25(20)17-5-8-19(30-3)9-6-17/h5-13H,4,15H2,1-3H3. The molecule has 0 bridgehead atoms. The molecule has 0 aliphatic carbocycles. The van der Waals surface area contributed by atoms with Gasteiger partial charge in [-0.05, 0) is 55.8 Å². The lowest BCUT2D eigenvalue weighted by atomic mass is 9.90. The average Bonchev–Trinajstić information content (AvgIpc) is 3.31. The SMILES string of the molecule is CCOC(=O)C=Cc1c(C)nc(-c2ccc3c(c2)OCO3)c(C#N)c1-c1ccc(OC)cc1. The lowest BCUT2D eigenvalue weighted by Gasteiger charge is -2.16. The number of carbonyl (C=O) groups is 1. The molecular formula is C26H22N2O5. The van der Waals surface area contributed by atoms with Crippen LogP contribution in [0.2, 0.25) is 0 Å². The lowest BCUT2D eigenvalue weighted by Crippen LogP contribution is -2.03. The van der Waals surface area contributed by atoms with Crippen molar-refractivity contribution in [3.63, 3.8) is 0 Å². The highest BCUT2D eigenvalue weighted by atomic mass is 16.7. The van der Waals surface area contributed by atoms with Crippen LogP contribution in [0.1, 0.15) is 23.7 Å². The first-order chi connectivity index (χ1) is 16.0.